The quantitative estimate of drug-likeness (QED) is 0.471. The van der Waals surface area contributed by atoms with E-state index in [-0.39, 0.29) is 11.8 Å². The number of ether oxygens (including phenoxy) is 1. The zero-order valence-corrected chi connectivity index (χ0v) is 21.1. The fourth-order valence-corrected chi connectivity index (χ4v) is 5.42. The van der Waals surface area contributed by atoms with Crippen molar-refractivity contribution in [1.29, 1.82) is 0 Å². The van der Waals surface area contributed by atoms with Crippen LogP contribution < -0.4 is 4.74 Å². The fourth-order valence-electron chi connectivity index (χ4n) is 4.84. The highest BCUT2D eigenvalue weighted by molar-refractivity contribution is 9.10. The van der Waals surface area contributed by atoms with Gasteiger partial charge in [0, 0.05) is 47.5 Å². The minimum absolute atomic E-state index is 0.0107. The number of piperidine rings is 2. The van der Waals surface area contributed by atoms with Gasteiger partial charge in [0.25, 0.3) is 5.91 Å². The number of carbonyl (C=O) groups excluding carboxylic acids is 2. The lowest BCUT2D eigenvalue weighted by Crippen LogP contribution is -2.51. The van der Waals surface area contributed by atoms with Crippen LogP contribution in [0.2, 0.25) is 5.02 Å². The summed E-state index contributed by atoms with van der Waals surface area (Å²) in [6.45, 7) is 3.22. The molecule has 5 nitrogen and oxygen atoms in total. The Morgan fingerprint density at radius 1 is 0.939 bits per heavy atom. The Hall–Kier alpha value is -2.05. The van der Waals surface area contributed by atoms with Gasteiger partial charge in [-0.25, -0.2) is 0 Å². The zero-order valence-electron chi connectivity index (χ0n) is 18.8. The molecule has 176 valence electrons. The van der Waals surface area contributed by atoms with Gasteiger partial charge in [0.05, 0.1) is 12.2 Å². The minimum Gasteiger partial charge on any atom is -0.493 e. The van der Waals surface area contributed by atoms with Gasteiger partial charge < -0.3 is 14.5 Å². The van der Waals surface area contributed by atoms with Crippen LogP contribution in [0.15, 0.2) is 53.0 Å². The van der Waals surface area contributed by atoms with Gasteiger partial charge in [-0.15, -0.1) is 0 Å². The molecule has 2 fully saturated rings. The van der Waals surface area contributed by atoms with E-state index in [0.29, 0.717) is 36.7 Å². The molecule has 0 saturated carbocycles. The molecule has 0 radical (unpaired) electrons. The first-order chi connectivity index (χ1) is 16.0. The van der Waals surface area contributed by atoms with Crippen molar-refractivity contribution in [3.05, 3.63) is 63.6 Å². The van der Waals surface area contributed by atoms with Crippen LogP contribution in [0.1, 0.15) is 48.9 Å². The molecule has 2 heterocycles. The average molecular weight is 534 g/mol. The highest BCUT2D eigenvalue weighted by Gasteiger charge is 2.41. The molecule has 0 aromatic heterocycles. The molecular formula is C26H30BrClN2O3. The van der Waals surface area contributed by atoms with Gasteiger partial charge in [-0.1, -0.05) is 23.7 Å². The van der Waals surface area contributed by atoms with Gasteiger partial charge >= 0.3 is 0 Å². The van der Waals surface area contributed by atoms with E-state index in [1.165, 1.54) is 6.42 Å². The third kappa shape index (κ3) is 6.10. The van der Waals surface area contributed by atoms with Crippen molar-refractivity contribution in [2.75, 3.05) is 32.8 Å². The molecule has 1 atom stereocenters. The normalized spacial score (nSPS) is 21.0. The van der Waals surface area contributed by atoms with Gasteiger partial charge in [-0.3, -0.25) is 9.59 Å². The Labute approximate surface area is 209 Å². The van der Waals surface area contributed by atoms with E-state index < -0.39 is 5.41 Å². The number of halogens is 2. The van der Waals surface area contributed by atoms with Crippen LogP contribution in [-0.4, -0.2) is 54.4 Å². The van der Waals surface area contributed by atoms with Crippen LogP contribution in [0.4, 0.5) is 0 Å². The number of benzene rings is 2. The van der Waals surface area contributed by atoms with Crippen molar-refractivity contribution in [3.8, 4) is 5.75 Å². The third-order valence-corrected chi connectivity index (χ3v) is 7.59. The van der Waals surface area contributed by atoms with Crippen LogP contribution in [0.5, 0.6) is 5.75 Å². The molecule has 2 aliphatic rings. The monoisotopic (exact) mass is 532 g/mol. The molecule has 7 heteroatoms. The van der Waals surface area contributed by atoms with E-state index in [9.17, 15) is 9.59 Å². The number of hydrogen-bond donors (Lipinski definition) is 0. The first-order valence-electron chi connectivity index (χ1n) is 11.7. The highest BCUT2D eigenvalue weighted by atomic mass is 79.9. The van der Waals surface area contributed by atoms with Crippen LogP contribution in [0.3, 0.4) is 0 Å². The third-order valence-electron chi connectivity index (χ3n) is 6.65. The predicted octanol–water partition coefficient (Wildman–Crippen LogP) is 5.81. The summed E-state index contributed by atoms with van der Waals surface area (Å²) in [5.74, 6) is 0.881. The van der Waals surface area contributed by atoms with Crippen molar-refractivity contribution in [2.45, 2.75) is 38.5 Å². The molecule has 4 rings (SSSR count). The lowest BCUT2D eigenvalue weighted by molar-refractivity contribution is -0.136. The number of amides is 2. The van der Waals surface area contributed by atoms with Crippen molar-refractivity contribution >= 4 is 39.3 Å². The Morgan fingerprint density at radius 3 is 2.36 bits per heavy atom. The van der Waals surface area contributed by atoms with Crippen molar-refractivity contribution in [3.63, 3.8) is 0 Å². The topological polar surface area (TPSA) is 49.9 Å². The molecular weight excluding hydrogens is 504 g/mol. The fraction of sp³-hybridized carbons (Fsp3) is 0.462. The van der Waals surface area contributed by atoms with Crippen LogP contribution >= 0.6 is 27.5 Å². The van der Waals surface area contributed by atoms with Gasteiger partial charge in [0.2, 0.25) is 5.91 Å². The van der Waals surface area contributed by atoms with E-state index in [0.717, 1.165) is 49.0 Å². The van der Waals surface area contributed by atoms with Crippen LogP contribution in [0, 0.1) is 5.41 Å². The van der Waals surface area contributed by atoms with Gasteiger partial charge in [-0.05, 0) is 84.4 Å². The van der Waals surface area contributed by atoms with E-state index >= 15 is 0 Å². The van der Waals surface area contributed by atoms with Gasteiger partial charge in [0.1, 0.15) is 5.75 Å². The summed E-state index contributed by atoms with van der Waals surface area (Å²) in [4.78, 5) is 30.5. The molecule has 2 amide bonds. The first kappa shape index (κ1) is 24.1. The Balaban J connectivity index is 1.54. The van der Waals surface area contributed by atoms with E-state index in [1.807, 2.05) is 46.2 Å². The average Bonchev–Trinajstić information content (AvgIpc) is 2.84. The Bertz CT molecular complexity index is 978. The molecule has 33 heavy (non-hydrogen) atoms. The van der Waals surface area contributed by atoms with Crippen molar-refractivity contribution in [2.24, 2.45) is 5.41 Å². The first-order valence-corrected chi connectivity index (χ1v) is 12.8. The maximum atomic E-state index is 13.4. The predicted molar refractivity (Wildman–Crippen MR) is 134 cm³/mol. The van der Waals surface area contributed by atoms with E-state index in [2.05, 4.69) is 15.9 Å². The summed E-state index contributed by atoms with van der Waals surface area (Å²) in [5, 5.41) is 0.653. The minimum atomic E-state index is -0.427. The maximum absolute atomic E-state index is 13.4. The molecule has 0 bridgehead atoms. The molecule has 2 aromatic rings. The molecule has 0 unspecified atom stereocenters. The molecule has 2 aromatic carbocycles. The smallest absolute Gasteiger partial charge is 0.255 e. The lowest BCUT2D eigenvalue weighted by Gasteiger charge is -2.43. The summed E-state index contributed by atoms with van der Waals surface area (Å²) >= 11 is 9.52. The highest BCUT2D eigenvalue weighted by Crippen LogP contribution is 2.36. The van der Waals surface area contributed by atoms with Gasteiger partial charge in [-0.2, -0.15) is 0 Å². The second kappa shape index (κ2) is 10.9. The number of carbonyl (C=O) groups is 2. The van der Waals surface area contributed by atoms with Gasteiger partial charge in [0.15, 0.2) is 0 Å². The molecule has 0 aliphatic carbocycles. The number of hydrogen-bond acceptors (Lipinski definition) is 3. The molecule has 0 N–H and O–H groups in total. The number of likely N-dealkylation sites (tertiary alicyclic amines) is 2. The molecule has 0 spiro atoms. The summed E-state index contributed by atoms with van der Waals surface area (Å²) in [6.07, 6.45) is 5.38. The summed E-state index contributed by atoms with van der Waals surface area (Å²) < 4.78 is 6.96. The van der Waals surface area contributed by atoms with Crippen molar-refractivity contribution < 1.29 is 14.3 Å². The standard InChI is InChI=1S/C26H30BrClN2O3/c27-23-8-3-2-7-22(23)25(32)30-16-6-13-26(18-30,17-24(31)29-14-4-1-5-15-29)19-33-21-11-9-20(28)10-12-21/h2-3,7-12H,1,4-6,13-19H2/t26-/m0/s1. The SMILES string of the molecule is O=C(C[C@@]1(COc2ccc(Cl)cc2)CCCN(C(=O)c2ccccc2Br)C1)N1CCCCC1. The maximum Gasteiger partial charge on any atom is 0.255 e. The van der Waals surface area contributed by atoms with Crippen LogP contribution in [0.25, 0.3) is 0 Å². The zero-order chi connectivity index (χ0) is 23.3. The van der Waals surface area contributed by atoms with Crippen LogP contribution in [-0.2, 0) is 4.79 Å². The summed E-state index contributed by atoms with van der Waals surface area (Å²) in [6, 6.07) is 14.8. The lowest BCUT2D eigenvalue weighted by atomic mass is 9.77. The summed E-state index contributed by atoms with van der Waals surface area (Å²) in [7, 11) is 0. The van der Waals surface area contributed by atoms with E-state index in [1.54, 1.807) is 12.1 Å². The largest absolute Gasteiger partial charge is 0.493 e. The molecule has 2 saturated heterocycles. The second-order valence-corrected chi connectivity index (χ2v) is 10.5. The van der Waals surface area contributed by atoms with E-state index in [4.69, 9.17) is 16.3 Å². The second-order valence-electron chi connectivity index (χ2n) is 9.17. The van der Waals surface area contributed by atoms with Crippen molar-refractivity contribution in [1.82, 2.24) is 9.80 Å². The molecule has 2 aliphatic heterocycles. The Kier molecular flexibility index (Phi) is 7.97. The number of nitrogens with zero attached hydrogens (tertiary/aromatic N) is 2. The number of rotatable bonds is 6. The Morgan fingerprint density at radius 2 is 1.64 bits per heavy atom. The summed E-state index contributed by atoms with van der Waals surface area (Å²) in [5.41, 5.74) is 0.220.